The molecule has 0 aromatic carbocycles. The summed E-state index contributed by atoms with van der Waals surface area (Å²) in [6.07, 6.45) is 0. The van der Waals surface area contributed by atoms with Crippen molar-refractivity contribution in [3.05, 3.63) is 0 Å². The molecular formula is H6MgO3Zn. The van der Waals surface area contributed by atoms with Crippen molar-refractivity contribution >= 4 is 23.1 Å². The molecule has 0 aromatic rings. The Morgan fingerprint density at radius 2 is 1.00 bits per heavy atom. The Morgan fingerprint density at radius 1 is 1.00 bits per heavy atom. The van der Waals surface area contributed by atoms with Gasteiger partial charge in [-0.15, -0.1) is 0 Å². The normalized spacial score (nSPS) is 1.20. The second-order valence-corrected chi connectivity index (χ2v) is 0. The zero-order chi connectivity index (χ0) is 2.00. The van der Waals surface area contributed by atoms with Crippen LogP contribution in [0.4, 0.5) is 0 Å². The van der Waals surface area contributed by atoms with Gasteiger partial charge in [0.25, 0.3) is 0 Å². The molecule has 0 saturated heterocycles. The van der Waals surface area contributed by atoms with E-state index < -0.39 is 0 Å². The van der Waals surface area contributed by atoms with Crippen LogP contribution < -0.4 is 0 Å². The fourth-order valence-electron chi connectivity index (χ4n) is 0. The van der Waals surface area contributed by atoms with Gasteiger partial charge >= 0.3 is 44.9 Å². The van der Waals surface area contributed by atoms with Crippen molar-refractivity contribution in [2.24, 2.45) is 0 Å². The Bertz CT molecular complexity index is 6.85. The second-order valence-electron chi connectivity index (χ2n) is 0. The van der Waals surface area contributed by atoms with Gasteiger partial charge in [-0.1, -0.05) is 0 Å². The zero-order valence-electron chi connectivity index (χ0n) is 2.12. The molecule has 0 atom stereocenters. The zero-order valence-corrected chi connectivity index (χ0v) is 5.08. The Kier molecular flexibility index (Phi) is 502. The number of hydrogen-bond donors (Lipinski definition) is 0. The summed E-state index contributed by atoms with van der Waals surface area (Å²) in [4.78, 5) is 0. The van der Waals surface area contributed by atoms with Crippen LogP contribution in [-0.2, 0) is 21.8 Å². The summed E-state index contributed by atoms with van der Waals surface area (Å²) < 4.78 is 8.38. The van der Waals surface area contributed by atoms with E-state index in [1.54, 1.807) is 0 Å². The molecule has 0 bridgehead atoms. The van der Waals surface area contributed by atoms with Gasteiger partial charge in [-0.05, 0) is 0 Å². The van der Waals surface area contributed by atoms with Gasteiger partial charge in [0.1, 0.15) is 0 Å². The molecule has 0 rings (SSSR count). The molecule has 5 heavy (non-hydrogen) atoms. The fraction of sp³-hybridized carbons (Fsp3) is 0. The van der Waals surface area contributed by atoms with Gasteiger partial charge in [0, 0.05) is 0 Å². The van der Waals surface area contributed by atoms with Crippen LogP contribution in [0.1, 0.15) is 0 Å². The molecule has 4 N–H and O–H groups in total. The van der Waals surface area contributed by atoms with Crippen molar-refractivity contribution in [3.63, 3.8) is 0 Å². The molecule has 0 aliphatic carbocycles. The maximum absolute atomic E-state index is 8.38. The van der Waals surface area contributed by atoms with E-state index in [9.17, 15) is 0 Å². The van der Waals surface area contributed by atoms with Crippen LogP contribution in [0, 0.1) is 0 Å². The molecule has 0 radical (unpaired) electrons. The first-order valence-electron chi connectivity index (χ1n) is 0.289. The van der Waals surface area contributed by atoms with Gasteiger partial charge in [-0.3, -0.25) is 0 Å². The number of hydrogen-bond acceptors (Lipinski definition) is 1. The minimum atomic E-state index is 0. The molecule has 0 aliphatic heterocycles. The summed E-state index contributed by atoms with van der Waals surface area (Å²) >= 11 is 0.125. The summed E-state index contributed by atoms with van der Waals surface area (Å²) in [5.41, 5.74) is 0. The fourth-order valence-corrected chi connectivity index (χ4v) is 0. The summed E-state index contributed by atoms with van der Waals surface area (Å²) in [6.45, 7) is 0. The Hall–Kier alpha value is 1.11. The van der Waals surface area contributed by atoms with Crippen molar-refractivity contribution in [2.45, 2.75) is 0 Å². The molecule has 0 saturated carbocycles. The summed E-state index contributed by atoms with van der Waals surface area (Å²) in [5.74, 6) is 0. The van der Waals surface area contributed by atoms with Gasteiger partial charge in [-0.25, -0.2) is 0 Å². The van der Waals surface area contributed by atoms with Gasteiger partial charge in [0.2, 0.25) is 0 Å². The first-order valence-corrected chi connectivity index (χ1v) is 1.50. The quantitative estimate of drug-likeness (QED) is 0.340. The van der Waals surface area contributed by atoms with Crippen LogP contribution in [0.5, 0.6) is 0 Å². The molecule has 0 heterocycles. The molecule has 0 fully saturated rings. The molecule has 0 spiro atoms. The summed E-state index contributed by atoms with van der Waals surface area (Å²) in [7, 11) is 0. The molecule has 0 unspecified atom stereocenters. The average Bonchev–Trinajstić information content (AvgIpc) is 1.00. The number of rotatable bonds is 0. The van der Waals surface area contributed by atoms with Crippen molar-refractivity contribution in [1.29, 1.82) is 0 Å². The topological polar surface area (TPSA) is 80.1 Å². The van der Waals surface area contributed by atoms with Crippen LogP contribution in [0.15, 0.2) is 0 Å². The second kappa shape index (κ2) is 70.1. The standard InChI is InChI=1S/Mg.2H2O.O.Zn.2H/h;2*1H2;;;;. The molecule has 5 heteroatoms. The predicted octanol–water partition coefficient (Wildman–Crippen LogP) is -2.69. The maximum atomic E-state index is 8.38. The molecular weight excluding hydrogens is 138 g/mol. The third-order valence-electron chi connectivity index (χ3n) is 0. The third-order valence-corrected chi connectivity index (χ3v) is 0. The van der Waals surface area contributed by atoms with E-state index in [1.807, 2.05) is 0 Å². The Morgan fingerprint density at radius 3 is 1.00 bits per heavy atom. The van der Waals surface area contributed by atoms with Crippen molar-refractivity contribution in [1.82, 2.24) is 0 Å². The molecule has 0 amide bonds. The van der Waals surface area contributed by atoms with Crippen molar-refractivity contribution in [3.8, 4) is 0 Å². The average molecular weight is 144 g/mol. The third kappa shape index (κ3) is 40.1. The summed E-state index contributed by atoms with van der Waals surface area (Å²) in [6, 6.07) is 0. The minimum absolute atomic E-state index is 0. The summed E-state index contributed by atoms with van der Waals surface area (Å²) in [5, 5.41) is 0. The van der Waals surface area contributed by atoms with E-state index in [4.69, 9.17) is 3.57 Å². The molecule has 3 nitrogen and oxygen atoms in total. The first kappa shape index (κ1) is 35.8. The van der Waals surface area contributed by atoms with E-state index in [-0.39, 0.29) is 52.3 Å². The molecule has 0 aromatic heterocycles. The Labute approximate surface area is 55.8 Å². The van der Waals surface area contributed by atoms with Crippen molar-refractivity contribution < 1.29 is 32.8 Å². The van der Waals surface area contributed by atoms with E-state index in [0.717, 1.165) is 0 Å². The van der Waals surface area contributed by atoms with Gasteiger partial charge in [-0.2, -0.15) is 0 Å². The molecule has 28 valence electrons. The van der Waals surface area contributed by atoms with E-state index in [2.05, 4.69) is 0 Å². The van der Waals surface area contributed by atoms with E-state index in [0.29, 0.717) is 0 Å². The van der Waals surface area contributed by atoms with Gasteiger partial charge < -0.3 is 11.0 Å². The SMILES string of the molecule is O.O.[MgH2].[O]=[Zn]. The van der Waals surface area contributed by atoms with Crippen LogP contribution in [0.25, 0.3) is 0 Å². The monoisotopic (exact) mass is 142 g/mol. The van der Waals surface area contributed by atoms with Crippen LogP contribution in [0.2, 0.25) is 0 Å². The van der Waals surface area contributed by atoms with Crippen LogP contribution in [-0.4, -0.2) is 34.0 Å². The van der Waals surface area contributed by atoms with Crippen LogP contribution >= 0.6 is 0 Å². The molecule has 0 aliphatic rings. The van der Waals surface area contributed by atoms with E-state index >= 15 is 0 Å². The van der Waals surface area contributed by atoms with E-state index in [1.165, 1.54) is 0 Å². The van der Waals surface area contributed by atoms with Crippen LogP contribution in [0.3, 0.4) is 0 Å². The first-order chi connectivity index (χ1) is 1.00. The van der Waals surface area contributed by atoms with Crippen molar-refractivity contribution in [2.75, 3.05) is 0 Å². The van der Waals surface area contributed by atoms with Gasteiger partial charge in [0.15, 0.2) is 0 Å². The Balaban J connectivity index is -0.00000000167. The predicted molar refractivity (Wildman–Crippen MR) is 16.5 cm³/mol. The van der Waals surface area contributed by atoms with Gasteiger partial charge in [0.05, 0.1) is 0 Å².